The van der Waals surface area contributed by atoms with Crippen molar-refractivity contribution in [3.63, 3.8) is 0 Å². The molecule has 0 fully saturated rings. The number of carboxylic acid groups (broad SMARTS) is 1. The van der Waals surface area contributed by atoms with E-state index in [0.717, 1.165) is 11.1 Å². The minimum absolute atomic E-state index is 0.278. The van der Waals surface area contributed by atoms with E-state index in [1.54, 1.807) is 18.2 Å². The third-order valence-corrected chi connectivity index (χ3v) is 3.00. The standard InChI is InChI=1S/C13H17N3O3/c1-2-10-7-9(8-16-15)3-4-11(10)13(14,5-6-17)12(18)19/h3-4,6-8H,2,5,14-15H2,1H3,(H,18,19). The third kappa shape index (κ3) is 2.97. The Balaban J connectivity index is 3.39. The summed E-state index contributed by atoms with van der Waals surface area (Å²) in [5, 5.41) is 12.7. The summed E-state index contributed by atoms with van der Waals surface area (Å²) in [4.78, 5) is 22.0. The normalized spacial score (nSPS) is 14.2. The number of carbonyl (C=O) groups excluding carboxylic acids is 1. The molecule has 0 heterocycles. The first-order chi connectivity index (χ1) is 8.99. The molecule has 0 saturated heterocycles. The molecule has 6 nitrogen and oxygen atoms in total. The molecule has 0 bridgehead atoms. The van der Waals surface area contributed by atoms with Gasteiger partial charge >= 0.3 is 5.97 Å². The van der Waals surface area contributed by atoms with Crippen molar-refractivity contribution in [3.05, 3.63) is 34.9 Å². The SMILES string of the molecule is CCc1cc(C=NN)ccc1C(N)(CC=O)C(=O)O. The molecule has 1 unspecified atom stereocenters. The van der Waals surface area contributed by atoms with Gasteiger partial charge in [0, 0.05) is 6.42 Å². The van der Waals surface area contributed by atoms with Gasteiger partial charge in [-0.05, 0) is 29.2 Å². The molecule has 19 heavy (non-hydrogen) atoms. The fourth-order valence-electron chi connectivity index (χ4n) is 1.95. The molecular formula is C13H17N3O3. The molecule has 0 aliphatic rings. The Morgan fingerprint density at radius 3 is 2.68 bits per heavy atom. The van der Waals surface area contributed by atoms with Crippen LogP contribution in [0.3, 0.4) is 0 Å². The summed E-state index contributed by atoms with van der Waals surface area (Å²) >= 11 is 0. The highest BCUT2D eigenvalue weighted by molar-refractivity contribution is 5.85. The maximum absolute atomic E-state index is 11.4. The number of hydrazone groups is 1. The molecule has 0 radical (unpaired) electrons. The van der Waals surface area contributed by atoms with Crippen molar-refractivity contribution >= 4 is 18.5 Å². The zero-order chi connectivity index (χ0) is 14.5. The molecule has 6 heteroatoms. The van der Waals surface area contributed by atoms with Crippen LogP contribution in [0.25, 0.3) is 0 Å². The van der Waals surface area contributed by atoms with Gasteiger partial charge in [-0.15, -0.1) is 0 Å². The second-order valence-electron chi connectivity index (χ2n) is 4.20. The maximum atomic E-state index is 11.4. The maximum Gasteiger partial charge on any atom is 0.328 e. The first-order valence-electron chi connectivity index (χ1n) is 5.82. The fourth-order valence-corrected chi connectivity index (χ4v) is 1.95. The summed E-state index contributed by atoms with van der Waals surface area (Å²) in [6.07, 6.45) is 2.29. The Bertz CT molecular complexity index is 514. The number of carboxylic acids is 1. The summed E-state index contributed by atoms with van der Waals surface area (Å²) in [7, 11) is 0. The van der Waals surface area contributed by atoms with Gasteiger partial charge in [-0.3, -0.25) is 0 Å². The number of aryl methyl sites for hydroxylation is 1. The highest BCUT2D eigenvalue weighted by atomic mass is 16.4. The van der Waals surface area contributed by atoms with Crippen LogP contribution in [0.1, 0.15) is 30.0 Å². The van der Waals surface area contributed by atoms with Gasteiger partial charge in [-0.1, -0.05) is 19.1 Å². The molecule has 0 spiro atoms. The van der Waals surface area contributed by atoms with E-state index < -0.39 is 11.5 Å². The Morgan fingerprint density at radius 2 is 2.21 bits per heavy atom. The van der Waals surface area contributed by atoms with Crippen molar-refractivity contribution in [2.24, 2.45) is 16.7 Å². The van der Waals surface area contributed by atoms with Gasteiger partial charge in [-0.25, -0.2) is 4.79 Å². The summed E-state index contributed by atoms with van der Waals surface area (Å²) < 4.78 is 0. The van der Waals surface area contributed by atoms with Gasteiger partial charge in [0.25, 0.3) is 0 Å². The van der Waals surface area contributed by atoms with Crippen molar-refractivity contribution in [3.8, 4) is 0 Å². The monoisotopic (exact) mass is 263 g/mol. The quantitative estimate of drug-likeness (QED) is 0.296. The van der Waals surface area contributed by atoms with Crippen molar-refractivity contribution in [2.45, 2.75) is 25.3 Å². The van der Waals surface area contributed by atoms with E-state index >= 15 is 0 Å². The molecule has 1 atom stereocenters. The van der Waals surface area contributed by atoms with E-state index in [9.17, 15) is 14.7 Å². The number of hydrogen-bond donors (Lipinski definition) is 3. The van der Waals surface area contributed by atoms with E-state index in [2.05, 4.69) is 5.10 Å². The lowest BCUT2D eigenvalue weighted by Crippen LogP contribution is -2.46. The first-order valence-corrected chi connectivity index (χ1v) is 5.82. The largest absolute Gasteiger partial charge is 0.480 e. The Hall–Kier alpha value is -2.21. The number of aliphatic carboxylic acids is 1. The molecule has 1 aromatic rings. The molecule has 1 aromatic carbocycles. The zero-order valence-electron chi connectivity index (χ0n) is 10.7. The number of carbonyl (C=O) groups is 2. The third-order valence-electron chi connectivity index (χ3n) is 3.00. The highest BCUT2D eigenvalue weighted by Crippen LogP contribution is 2.26. The molecule has 0 aromatic heterocycles. The summed E-state index contributed by atoms with van der Waals surface area (Å²) in [5.74, 6) is 3.85. The summed E-state index contributed by atoms with van der Waals surface area (Å²) in [5.41, 5.74) is 6.12. The summed E-state index contributed by atoms with van der Waals surface area (Å²) in [6.45, 7) is 1.88. The molecule has 0 aliphatic carbocycles. The van der Waals surface area contributed by atoms with Crippen LogP contribution in [0, 0.1) is 0 Å². The van der Waals surface area contributed by atoms with Crippen molar-refractivity contribution in [1.82, 2.24) is 0 Å². The van der Waals surface area contributed by atoms with E-state index in [1.165, 1.54) is 6.21 Å². The minimum Gasteiger partial charge on any atom is -0.480 e. The van der Waals surface area contributed by atoms with Gasteiger partial charge in [-0.2, -0.15) is 5.10 Å². The average Bonchev–Trinajstić information content (AvgIpc) is 2.38. The number of benzene rings is 1. The Kier molecular flexibility index (Phi) is 4.77. The Morgan fingerprint density at radius 1 is 1.53 bits per heavy atom. The fraction of sp³-hybridized carbons (Fsp3) is 0.308. The van der Waals surface area contributed by atoms with Crippen molar-refractivity contribution in [2.75, 3.05) is 0 Å². The lowest BCUT2D eigenvalue weighted by atomic mass is 9.83. The number of hydrogen-bond acceptors (Lipinski definition) is 5. The van der Waals surface area contributed by atoms with Gasteiger partial charge < -0.3 is 21.5 Å². The first kappa shape index (κ1) is 14.8. The second-order valence-corrected chi connectivity index (χ2v) is 4.20. The number of nitrogens with zero attached hydrogens (tertiary/aromatic N) is 1. The molecule has 102 valence electrons. The predicted octanol–water partition coefficient (Wildman–Crippen LogP) is 0.369. The van der Waals surface area contributed by atoms with E-state index in [1.807, 2.05) is 6.92 Å². The van der Waals surface area contributed by atoms with Gasteiger partial charge in [0.2, 0.25) is 0 Å². The molecule has 5 N–H and O–H groups in total. The molecule has 0 aliphatic heterocycles. The lowest BCUT2D eigenvalue weighted by molar-refractivity contribution is -0.145. The van der Waals surface area contributed by atoms with Crippen LogP contribution in [0.4, 0.5) is 0 Å². The van der Waals surface area contributed by atoms with E-state index in [0.29, 0.717) is 18.3 Å². The van der Waals surface area contributed by atoms with Crippen molar-refractivity contribution < 1.29 is 14.7 Å². The average molecular weight is 263 g/mol. The number of rotatable bonds is 6. The number of aldehydes is 1. The summed E-state index contributed by atoms with van der Waals surface area (Å²) in [6, 6.07) is 5.04. The molecule has 0 amide bonds. The van der Waals surface area contributed by atoms with Crippen LogP contribution >= 0.6 is 0 Å². The second kappa shape index (κ2) is 6.10. The van der Waals surface area contributed by atoms with Gasteiger partial charge in [0.1, 0.15) is 11.8 Å². The van der Waals surface area contributed by atoms with E-state index in [4.69, 9.17) is 11.6 Å². The Labute approximate surface area is 111 Å². The van der Waals surface area contributed by atoms with Crippen LogP contribution in [0.2, 0.25) is 0 Å². The van der Waals surface area contributed by atoms with Crippen LogP contribution in [-0.4, -0.2) is 23.6 Å². The molecule has 1 rings (SSSR count). The lowest BCUT2D eigenvalue weighted by Gasteiger charge is -2.25. The van der Waals surface area contributed by atoms with Gasteiger partial charge in [0.15, 0.2) is 0 Å². The van der Waals surface area contributed by atoms with E-state index in [-0.39, 0.29) is 6.42 Å². The molecule has 0 saturated carbocycles. The highest BCUT2D eigenvalue weighted by Gasteiger charge is 2.37. The smallest absolute Gasteiger partial charge is 0.328 e. The topological polar surface area (TPSA) is 119 Å². The van der Waals surface area contributed by atoms with Gasteiger partial charge in [0.05, 0.1) is 6.21 Å². The number of nitrogens with two attached hydrogens (primary N) is 2. The van der Waals surface area contributed by atoms with Crippen molar-refractivity contribution in [1.29, 1.82) is 0 Å². The zero-order valence-corrected chi connectivity index (χ0v) is 10.7. The predicted molar refractivity (Wildman–Crippen MR) is 71.8 cm³/mol. The van der Waals surface area contributed by atoms with Crippen LogP contribution in [-0.2, 0) is 21.5 Å². The van der Waals surface area contributed by atoms with Crippen LogP contribution in [0.5, 0.6) is 0 Å². The van der Waals surface area contributed by atoms with Crippen LogP contribution in [0.15, 0.2) is 23.3 Å². The molecular weight excluding hydrogens is 246 g/mol. The van der Waals surface area contributed by atoms with Crippen LogP contribution < -0.4 is 11.6 Å². The minimum atomic E-state index is -1.70.